The van der Waals surface area contributed by atoms with Gasteiger partial charge >= 0.3 is 0 Å². The molecule has 3 heterocycles. The monoisotopic (exact) mass is 446 g/mol. The Labute approximate surface area is 189 Å². The van der Waals surface area contributed by atoms with Gasteiger partial charge in [-0.15, -0.1) is 0 Å². The number of fused-ring (bicyclic) bond motifs is 1. The first kappa shape index (κ1) is 21.9. The highest BCUT2D eigenvalue weighted by Crippen LogP contribution is 2.36. The number of carbonyl (C=O) groups is 1. The largest absolute Gasteiger partial charge is 0.393 e. The van der Waals surface area contributed by atoms with E-state index in [4.69, 9.17) is 16.5 Å². The normalized spacial score (nSPS) is 11.9. The molecule has 1 aromatic carbocycles. The zero-order valence-corrected chi connectivity index (χ0v) is 18.4. The van der Waals surface area contributed by atoms with Crippen LogP contribution in [0.2, 0.25) is 0 Å². The third-order valence-electron chi connectivity index (χ3n) is 5.19. The molecule has 168 valence electrons. The molecule has 0 aliphatic rings. The van der Waals surface area contributed by atoms with Crippen molar-refractivity contribution in [2.45, 2.75) is 13.0 Å². The molecule has 0 spiro atoms. The van der Waals surface area contributed by atoms with Gasteiger partial charge < -0.3 is 21.7 Å². The van der Waals surface area contributed by atoms with Gasteiger partial charge in [0, 0.05) is 31.2 Å². The van der Waals surface area contributed by atoms with Gasteiger partial charge in [-0.2, -0.15) is 0 Å². The lowest BCUT2D eigenvalue weighted by Crippen LogP contribution is -2.24. The van der Waals surface area contributed by atoms with Gasteiger partial charge in [0.05, 0.1) is 28.5 Å². The summed E-state index contributed by atoms with van der Waals surface area (Å²) in [5.74, 6) is -0.279. The topological polar surface area (TPSA) is 136 Å². The van der Waals surface area contributed by atoms with E-state index in [1.807, 2.05) is 13.0 Å². The van der Waals surface area contributed by atoms with Crippen LogP contribution in [0.4, 0.5) is 21.7 Å². The number of carbonyl (C=O) groups excluding carboxylic acids is 1. The van der Waals surface area contributed by atoms with E-state index in [0.29, 0.717) is 39.2 Å². The number of nitrogens with two attached hydrogens (primary N) is 2. The minimum atomic E-state index is -0.471. The van der Waals surface area contributed by atoms with E-state index in [9.17, 15) is 9.18 Å². The minimum Gasteiger partial charge on any atom is -0.393 e. The highest BCUT2D eigenvalue weighted by Gasteiger charge is 2.27. The standard InChI is InChI=1S/C23H23FN8O/c1-12(30-22-19(25)21(26)28-11-29-22)20-18(16-6-4-5-9-27-16)17(23(33)32(2)3)14-10-13(24)7-8-15(14)31-20/h4-12H,25H2,1-3H3,(H3,26,28,29,30). The number of aromatic nitrogens is 4. The van der Waals surface area contributed by atoms with Crippen molar-refractivity contribution in [3.05, 3.63) is 66.0 Å². The molecule has 4 rings (SSSR count). The molecular formula is C23H23FN8O. The lowest BCUT2D eigenvalue weighted by molar-refractivity contribution is 0.0830. The summed E-state index contributed by atoms with van der Waals surface area (Å²) in [4.78, 5) is 32.1. The van der Waals surface area contributed by atoms with E-state index in [1.54, 1.807) is 38.5 Å². The second-order valence-corrected chi connectivity index (χ2v) is 7.71. The van der Waals surface area contributed by atoms with Crippen LogP contribution in [0.15, 0.2) is 48.9 Å². The number of rotatable bonds is 5. The molecule has 0 aliphatic carbocycles. The first-order valence-corrected chi connectivity index (χ1v) is 10.2. The van der Waals surface area contributed by atoms with Crippen LogP contribution in [0, 0.1) is 5.82 Å². The number of nitrogens with one attached hydrogen (secondary N) is 1. The van der Waals surface area contributed by atoms with Crippen molar-refractivity contribution in [1.29, 1.82) is 0 Å². The van der Waals surface area contributed by atoms with Gasteiger partial charge in [-0.1, -0.05) is 6.07 Å². The van der Waals surface area contributed by atoms with Crippen molar-refractivity contribution in [3.8, 4) is 11.3 Å². The number of halogens is 1. The summed E-state index contributed by atoms with van der Waals surface area (Å²) in [6.07, 6.45) is 2.93. The van der Waals surface area contributed by atoms with E-state index in [1.165, 1.54) is 23.4 Å². The first-order chi connectivity index (χ1) is 15.8. The third-order valence-corrected chi connectivity index (χ3v) is 5.19. The fourth-order valence-corrected chi connectivity index (χ4v) is 3.58. The molecule has 33 heavy (non-hydrogen) atoms. The van der Waals surface area contributed by atoms with E-state index in [2.05, 4.69) is 20.3 Å². The molecule has 0 bridgehead atoms. The summed E-state index contributed by atoms with van der Waals surface area (Å²) in [7, 11) is 3.28. The molecule has 1 unspecified atom stereocenters. The summed E-state index contributed by atoms with van der Waals surface area (Å²) in [6, 6.07) is 9.07. The van der Waals surface area contributed by atoms with Crippen molar-refractivity contribution in [3.63, 3.8) is 0 Å². The van der Waals surface area contributed by atoms with Crippen molar-refractivity contribution in [2.24, 2.45) is 0 Å². The third kappa shape index (κ3) is 4.10. The molecule has 1 atom stereocenters. The summed E-state index contributed by atoms with van der Waals surface area (Å²) in [6.45, 7) is 1.85. The molecular weight excluding hydrogens is 423 g/mol. The second-order valence-electron chi connectivity index (χ2n) is 7.71. The Morgan fingerprint density at radius 3 is 2.61 bits per heavy atom. The van der Waals surface area contributed by atoms with Gasteiger partial charge in [0.1, 0.15) is 17.8 Å². The number of anilines is 3. The molecule has 5 N–H and O–H groups in total. The Bertz CT molecular complexity index is 1340. The minimum absolute atomic E-state index is 0.148. The number of amides is 1. The molecule has 10 heteroatoms. The summed E-state index contributed by atoms with van der Waals surface area (Å²) in [5, 5.41) is 3.60. The van der Waals surface area contributed by atoms with Gasteiger partial charge in [0.15, 0.2) is 11.6 Å². The fraction of sp³-hybridized carbons (Fsp3) is 0.174. The van der Waals surface area contributed by atoms with Gasteiger partial charge in [-0.05, 0) is 37.3 Å². The molecule has 0 fully saturated rings. The van der Waals surface area contributed by atoms with E-state index in [0.717, 1.165) is 0 Å². The van der Waals surface area contributed by atoms with E-state index >= 15 is 0 Å². The maximum Gasteiger partial charge on any atom is 0.254 e. The highest BCUT2D eigenvalue weighted by atomic mass is 19.1. The maximum atomic E-state index is 14.2. The van der Waals surface area contributed by atoms with Crippen LogP contribution >= 0.6 is 0 Å². The van der Waals surface area contributed by atoms with Gasteiger partial charge in [-0.25, -0.2) is 19.3 Å². The van der Waals surface area contributed by atoms with E-state index in [-0.39, 0.29) is 17.4 Å². The highest BCUT2D eigenvalue weighted by molar-refractivity contribution is 6.11. The van der Waals surface area contributed by atoms with Crippen LogP contribution in [0.3, 0.4) is 0 Å². The van der Waals surface area contributed by atoms with Crippen LogP contribution in [-0.2, 0) is 0 Å². The molecule has 0 saturated heterocycles. The number of benzene rings is 1. The zero-order chi connectivity index (χ0) is 23.7. The van der Waals surface area contributed by atoms with Crippen molar-refractivity contribution >= 4 is 34.1 Å². The van der Waals surface area contributed by atoms with Crippen LogP contribution in [-0.4, -0.2) is 44.8 Å². The zero-order valence-electron chi connectivity index (χ0n) is 18.4. The predicted octanol–water partition coefficient (Wildman–Crippen LogP) is 3.27. The summed E-state index contributed by atoms with van der Waals surface area (Å²) < 4.78 is 14.2. The fourth-order valence-electron chi connectivity index (χ4n) is 3.58. The Hall–Kier alpha value is -4.34. The van der Waals surface area contributed by atoms with Gasteiger partial charge in [-0.3, -0.25) is 9.78 Å². The smallest absolute Gasteiger partial charge is 0.254 e. The van der Waals surface area contributed by atoms with Crippen molar-refractivity contribution in [1.82, 2.24) is 24.8 Å². The molecule has 0 radical (unpaired) electrons. The number of nitrogens with zero attached hydrogens (tertiary/aromatic N) is 5. The second kappa shape index (κ2) is 8.65. The average molecular weight is 446 g/mol. The number of hydrogen-bond acceptors (Lipinski definition) is 8. The summed E-state index contributed by atoms with van der Waals surface area (Å²) >= 11 is 0. The van der Waals surface area contributed by atoms with E-state index < -0.39 is 11.9 Å². The molecule has 4 aromatic rings. The predicted molar refractivity (Wildman–Crippen MR) is 126 cm³/mol. The van der Waals surface area contributed by atoms with Crippen LogP contribution in [0.5, 0.6) is 0 Å². The molecule has 3 aromatic heterocycles. The number of hydrogen-bond donors (Lipinski definition) is 3. The molecule has 0 saturated carbocycles. The number of nitrogen functional groups attached to an aromatic ring is 2. The van der Waals surface area contributed by atoms with Crippen LogP contribution in [0.1, 0.15) is 29.0 Å². The van der Waals surface area contributed by atoms with Gasteiger partial charge in [0.25, 0.3) is 5.91 Å². The van der Waals surface area contributed by atoms with Crippen LogP contribution in [0.25, 0.3) is 22.2 Å². The SMILES string of the molecule is CC(Nc1ncnc(N)c1N)c1nc2ccc(F)cc2c(C(=O)N(C)C)c1-c1ccccn1. The first-order valence-electron chi connectivity index (χ1n) is 10.2. The van der Waals surface area contributed by atoms with Crippen LogP contribution < -0.4 is 16.8 Å². The lowest BCUT2D eigenvalue weighted by Gasteiger charge is -2.23. The number of pyridine rings is 2. The Kier molecular flexibility index (Phi) is 5.74. The van der Waals surface area contributed by atoms with Crippen molar-refractivity contribution < 1.29 is 9.18 Å². The van der Waals surface area contributed by atoms with Gasteiger partial charge in [0.2, 0.25) is 0 Å². The Balaban J connectivity index is 2.01. The average Bonchev–Trinajstić information content (AvgIpc) is 2.80. The Morgan fingerprint density at radius 1 is 1.12 bits per heavy atom. The Morgan fingerprint density at radius 2 is 1.91 bits per heavy atom. The lowest BCUT2D eigenvalue weighted by atomic mass is 9.93. The van der Waals surface area contributed by atoms with Crippen molar-refractivity contribution in [2.75, 3.05) is 30.9 Å². The molecule has 0 aliphatic heterocycles. The molecule has 9 nitrogen and oxygen atoms in total. The molecule has 1 amide bonds. The quantitative estimate of drug-likeness (QED) is 0.425. The summed E-state index contributed by atoms with van der Waals surface area (Å²) in [5.41, 5.74) is 14.4. The maximum absolute atomic E-state index is 14.2.